The molecule has 0 atom stereocenters. The van der Waals surface area contributed by atoms with Crippen LogP contribution in [0.5, 0.6) is 0 Å². The average molecular weight is 258 g/mol. The molecule has 0 unspecified atom stereocenters. The van der Waals surface area contributed by atoms with Crippen molar-refractivity contribution in [3.8, 4) is 0 Å². The minimum absolute atomic E-state index is 0.0167. The fourth-order valence-electron chi connectivity index (χ4n) is 1.29. The van der Waals surface area contributed by atoms with Gasteiger partial charge in [0, 0.05) is 17.2 Å². The van der Waals surface area contributed by atoms with Crippen LogP contribution in [-0.4, -0.2) is 16.3 Å². The molecule has 0 spiro atoms. The van der Waals surface area contributed by atoms with Crippen LogP contribution in [0.15, 0.2) is 18.2 Å². The summed E-state index contributed by atoms with van der Waals surface area (Å²) in [5.74, 6) is -0.941. The number of carbonyl (C=O) groups is 1. The summed E-state index contributed by atoms with van der Waals surface area (Å²) in [6.07, 6.45) is 0.0811. The molecule has 0 saturated carbocycles. The number of thioether (sulfide) groups is 1. The van der Waals surface area contributed by atoms with Gasteiger partial charge in [0.15, 0.2) is 0 Å². The third kappa shape index (κ3) is 5.82. The molecular formula is C13H16F2OS. The molecule has 0 heterocycles. The Kier molecular flexibility index (Phi) is 4.69. The first-order valence-corrected chi connectivity index (χ1v) is 6.35. The highest BCUT2D eigenvalue weighted by Crippen LogP contribution is 2.23. The molecule has 17 heavy (non-hydrogen) atoms. The second kappa shape index (κ2) is 5.63. The zero-order valence-corrected chi connectivity index (χ0v) is 11.0. The van der Waals surface area contributed by atoms with Gasteiger partial charge in [0.2, 0.25) is 0 Å². The smallest absolute Gasteiger partial charge is 0.147 e. The largest absolute Gasteiger partial charge is 0.298 e. The fraction of sp³-hybridized carbons (Fsp3) is 0.462. The van der Waals surface area contributed by atoms with Crippen molar-refractivity contribution in [2.75, 3.05) is 5.75 Å². The van der Waals surface area contributed by atoms with Crippen molar-refractivity contribution in [2.24, 2.45) is 0 Å². The number of hydrogen-bond donors (Lipinski definition) is 0. The first kappa shape index (κ1) is 14.2. The van der Waals surface area contributed by atoms with Gasteiger partial charge in [-0.2, -0.15) is 0 Å². The molecule has 0 saturated heterocycles. The van der Waals surface area contributed by atoms with Crippen molar-refractivity contribution in [3.63, 3.8) is 0 Å². The number of hydrogen-bond acceptors (Lipinski definition) is 2. The van der Waals surface area contributed by atoms with Gasteiger partial charge in [-0.25, -0.2) is 8.78 Å². The molecule has 4 heteroatoms. The maximum atomic E-state index is 12.9. The highest BCUT2D eigenvalue weighted by atomic mass is 32.2. The zero-order valence-electron chi connectivity index (χ0n) is 10.2. The summed E-state index contributed by atoms with van der Waals surface area (Å²) < 4.78 is 25.8. The molecule has 0 aromatic heterocycles. The molecule has 0 aliphatic heterocycles. The van der Waals surface area contributed by atoms with Crippen LogP contribution < -0.4 is 0 Å². The molecule has 1 rings (SSSR count). The third-order valence-electron chi connectivity index (χ3n) is 1.99. The highest BCUT2D eigenvalue weighted by Gasteiger charge is 2.14. The number of benzene rings is 1. The first-order valence-electron chi connectivity index (χ1n) is 5.37. The molecule has 0 bridgehead atoms. The van der Waals surface area contributed by atoms with E-state index in [1.807, 2.05) is 20.8 Å². The molecule has 0 aliphatic carbocycles. The van der Waals surface area contributed by atoms with Crippen LogP contribution in [0.3, 0.4) is 0 Å². The lowest BCUT2D eigenvalue weighted by Crippen LogP contribution is -2.14. The second-order valence-electron chi connectivity index (χ2n) is 4.89. The van der Waals surface area contributed by atoms with E-state index in [1.165, 1.54) is 23.9 Å². The van der Waals surface area contributed by atoms with E-state index in [1.54, 1.807) is 0 Å². The van der Waals surface area contributed by atoms with E-state index >= 15 is 0 Å². The van der Waals surface area contributed by atoms with Crippen molar-refractivity contribution in [3.05, 3.63) is 35.4 Å². The van der Waals surface area contributed by atoms with Crippen molar-refractivity contribution < 1.29 is 13.6 Å². The van der Waals surface area contributed by atoms with E-state index in [0.717, 1.165) is 6.07 Å². The van der Waals surface area contributed by atoms with Gasteiger partial charge in [0.1, 0.15) is 17.4 Å². The normalized spacial score (nSPS) is 11.6. The lowest BCUT2D eigenvalue weighted by Gasteiger charge is -2.16. The van der Waals surface area contributed by atoms with E-state index in [9.17, 15) is 13.6 Å². The van der Waals surface area contributed by atoms with Crippen LogP contribution in [0.2, 0.25) is 0 Å². The molecule has 0 aliphatic rings. The van der Waals surface area contributed by atoms with Gasteiger partial charge in [-0.1, -0.05) is 20.8 Å². The van der Waals surface area contributed by atoms with E-state index in [4.69, 9.17) is 0 Å². The Morgan fingerprint density at radius 3 is 2.18 bits per heavy atom. The van der Waals surface area contributed by atoms with Crippen molar-refractivity contribution >= 4 is 17.5 Å². The Morgan fingerprint density at radius 1 is 1.18 bits per heavy atom. The molecule has 0 N–H and O–H groups in total. The molecule has 0 radical (unpaired) electrons. The maximum Gasteiger partial charge on any atom is 0.147 e. The van der Waals surface area contributed by atoms with Crippen LogP contribution in [0.1, 0.15) is 26.3 Å². The SMILES string of the molecule is CC(C)(C)SCC(=O)Cc1cc(F)cc(F)c1. The van der Waals surface area contributed by atoms with E-state index in [0.29, 0.717) is 11.3 Å². The van der Waals surface area contributed by atoms with Crippen LogP contribution in [0.4, 0.5) is 8.78 Å². The minimum Gasteiger partial charge on any atom is -0.298 e. The Bertz CT molecular complexity index is 390. The summed E-state index contributed by atoms with van der Waals surface area (Å²) in [5.41, 5.74) is 0.391. The van der Waals surface area contributed by atoms with E-state index < -0.39 is 11.6 Å². The van der Waals surface area contributed by atoms with Gasteiger partial charge in [0.25, 0.3) is 0 Å². The van der Waals surface area contributed by atoms with Crippen molar-refractivity contribution in [1.82, 2.24) is 0 Å². The lowest BCUT2D eigenvalue weighted by atomic mass is 10.1. The standard InChI is InChI=1S/C13H16F2OS/c1-13(2,3)17-8-12(16)6-9-4-10(14)7-11(15)5-9/h4-5,7H,6,8H2,1-3H3. The fourth-order valence-corrected chi connectivity index (χ4v) is 1.98. The zero-order chi connectivity index (χ0) is 13.1. The quantitative estimate of drug-likeness (QED) is 0.820. The third-order valence-corrected chi connectivity index (χ3v) is 3.32. The molecule has 0 fully saturated rings. The van der Waals surface area contributed by atoms with Crippen molar-refractivity contribution in [1.29, 1.82) is 0 Å². The number of carbonyl (C=O) groups excluding carboxylic acids is 1. The van der Waals surface area contributed by atoms with Gasteiger partial charge in [-0.05, 0) is 17.7 Å². The van der Waals surface area contributed by atoms with Gasteiger partial charge >= 0.3 is 0 Å². The van der Waals surface area contributed by atoms with Gasteiger partial charge < -0.3 is 0 Å². The Labute approximate surface area is 105 Å². The predicted molar refractivity (Wildman–Crippen MR) is 67.3 cm³/mol. The number of ketones is 1. The molecular weight excluding hydrogens is 242 g/mol. The first-order chi connectivity index (χ1) is 7.76. The number of Topliss-reactive ketones (excluding diaryl/α,β-unsaturated/α-hetero) is 1. The average Bonchev–Trinajstić information content (AvgIpc) is 2.11. The summed E-state index contributed by atoms with van der Waals surface area (Å²) in [6.45, 7) is 6.06. The second-order valence-corrected chi connectivity index (χ2v) is 6.70. The monoisotopic (exact) mass is 258 g/mol. The summed E-state index contributed by atoms with van der Waals surface area (Å²) in [5, 5.41) is 0. The summed E-state index contributed by atoms with van der Waals surface area (Å²) in [7, 11) is 0. The van der Waals surface area contributed by atoms with E-state index in [2.05, 4.69) is 0 Å². The molecule has 1 aromatic rings. The Morgan fingerprint density at radius 2 is 1.71 bits per heavy atom. The Hall–Kier alpha value is -0.900. The van der Waals surface area contributed by atoms with Crippen LogP contribution in [0.25, 0.3) is 0 Å². The highest BCUT2D eigenvalue weighted by molar-refractivity contribution is 8.01. The Balaban J connectivity index is 2.56. The van der Waals surface area contributed by atoms with Crippen LogP contribution >= 0.6 is 11.8 Å². The van der Waals surface area contributed by atoms with Crippen molar-refractivity contribution in [2.45, 2.75) is 31.9 Å². The van der Waals surface area contributed by atoms with Gasteiger partial charge in [-0.3, -0.25) is 4.79 Å². The van der Waals surface area contributed by atoms with Gasteiger partial charge in [0.05, 0.1) is 5.75 Å². The summed E-state index contributed by atoms with van der Waals surface area (Å²) in [6, 6.07) is 3.20. The molecule has 1 nitrogen and oxygen atoms in total. The van der Waals surface area contributed by atoms with E-state index in [-0.39, 0.29) is 17.0 Å². The lowest BCUT2D eigenvalue weighted by molar-refractivity contribution is -0.116. The topological polar surface area (TPSA) is 17.1 Å². The predicted octanol–water partition coefficient (Wildman–Crippen LogP) is 3.61. The number of rotatable bonds is 4. The number of halogens is 2. The van der Waals surface area contributed by atoms with Crippen LogP contribution in [0, 0.1) is 11.6 Å². The van der Waals surface area contributed by atoms with Gasteiger partial charge in [-0.15, -0.1) is 11.8 Å². The maximum absolute atomic E-state index is 12.9. The molecule has 1 aromatic carbocycles. The summed E-state index contributed by atoms with van der Waals surface area (Å²) >= 11 is 1.53. The molecule has 0 amide bonds. The summed E-state index contributed by atoms with van der Waals surface area (Å²) in [4.78, 5) is 11.6. The minimum atomic E-state index is -0.642. The van der Waals surface area contributed by atoms with Crippen LogP contribution in [-0.2, 0) is 11.2 Å². The molecule has 94 valence electrons.